The van der Waals surface area contributed by atoms with Crippen molar-refractivity contribution in [1.82, 2.24) is 15.1 Å². The van der Waals surface area contributed by atoms with Gasteiger partial charge in [-0.1, -0.05) is 91.0 Å². The Morgan fingerprint density at radius 2 is 1.63 bits per heavy atom. The van der Waals surface area contributed by atoms with E-state index in [0.29, 0.717) is 19.1 Å². The number of methoxy groups -OCH3 is 1. The van der Waals surface area contributed by atoms with E-state index in [4.69, 9.17) is 18.9 Å². The number of hydrogen-bond acceptors (Lipinski definition) is 9. The smallest absolute Gasteiger partial charge is 0.408 e. The van der Waals surface area contributed by atoms with Crippen LogP contribution in [0.3, 0.4) is 0 Å². The normalized spacial score (nSPS) is 23.1. The first-order valence-corrected chi connectivity index (χ1v) is 18.6. The molecule has 4 aromatic carbocycles. The zero-order chi connectivity index (χ0) is 37.4. The van der Waals surface area contributed by atoms with E-state index in [1.807, 2.05) is 97.1 Å². The zero-order valence-corrected chi connectivity index (χ0v) is 30.5. The second-order valence-corrected chi connectivity index (χ2v) is 14.2. The maximum absolute atomic E-state index is 13.2. The standard InChI is InChI=1S/C43H47N3O8/c1-51-28-36-14-7-19-45(36)25-37-22-39(32-17-15-29(26-47)16-18-32)54-42(53-37)35-13-6-12-34(21-35)33-11-5-10-31(20-33)24-46-40(48)23-38(41(46)49)44-43(50)52-27-30-8-3-2-4-9-30/h2-6,8-13,15-18,20-21,36-39,42,47H,7,14,19,22-28H2,1H3,(H,44,50)/t36-,37+,38?,39-,42-/m0/s1. The predicted molar refractivity (Wildman–Crippen MR) is 200 cm³/mol. The number of benzene rings is 4. The molecule has 0 radical (unpaired) electrons. The van der Waals surface area contributed by atoms with Crippen LogP contribution in [-0.2, 0) is 48.3 Å². The van der Waals surface area contributed by atoms with Gasteiger partial charge in [0.1, 0.15) is 12.6 Å². The summed E-state index contributed by atoms with van der Waals surface area (Å²) >= 11 is 0. The number of likely N-dealkylation sites (tertiary alicyclic amines) is 2. The van der Waals surface area contributed by atoms with Crippen molar-refractivity contribution in [3.8, 4) is 11.1 Å². The molecule has 3 saturated heterocycles. The predicted octanol–water partition coefficient (Wildman–Crippen LogP) is 6.06. The number of amides is 3. The van der Waals surface area contributed by atoms with Crippen LogP contribution in [-0.4, -0.2) is 77.8 Å². The highest BCUT2D eigenvalue weighted by Gasteiger charge is 2.40. The van der Waals surface area contributed by atoms with Crippen molar-refractivity contribution < 1.29 is 38.4 Å². The number of carbonyl (C=O) groups excluding carboxylic acids is 3. The zero-order valence-electron chi connectivity index (χ0n) is 30.5. The van der Waals surface area contributed by atoms with Crippen LogP contribution in [0.5, 0.6) is 0 Å². The maximum atomic E-state index is 13.2. The molecule has 7 rings (SSSR count). The van der Waals surface area contributed by atoms with E-state index in [1.54, 1.807) is 7.11 Å². The summed E-state index contributed by atoms with van der Waals surface area (Å²) in [7, 11) is 1.75. The number of hydrogen-bond donors (Lipinski definition) is 2. The number of rotatable bonds is 13. The van der Waals surface area contributed by atoms with Crippen LogP contribution in [0.15, 0.2) is 103 Å². The van der Waals surface area contributed by atoms with Crippen LogP contribution in [0.4, 0.5) is 4.79 Å². The molecule has 282 valence electrons. The summed E-state index contributed by atoms with van der Waals surface area (Å²) < 4.78 is 24.1. The van der Waals surface area contributed by atoms with Crippen molar-refractivity contribution in [3.05, 3.63) is 131 Å². The van der Waals surface area contributed by atoms with Crippen LogP contribution >= 0.6 is 0 Å². The monoisotopic (exact) mass is 733 g/mol. The summed E-state index contributed by atoms with van der Waals surface area (Å²) in [6.45, 7) is 2.61. The summed E-state index contributed by atoms with van der Waals surface area (Å²) in [5.74, 6) is -0.821. The van der Waals surface area contributed by atoms with Gasteiger partial charge in [-0.3, -0.25) is 19.4 Å². The molecule has 3 heterocycles. The van der Waals surface area contributed by atoms with E-state index < -0.39 is 24.3 Å². The fraction of sp³-hybridized carbons (Fsp3) is 0.372. The minimum Gasteiger partial charge on any atom is -0.445 e. The number of imide groups is 1. The van der Waals surface area contributed by atoms with Crippen molar-refractivity contribution in [1.29, 1.82) is 0 Å². The highest BCUT2D eigenvalue weighted by molar-refractivity contribution is 6.06. The molecular formula is C43H47N3O8. The van der Waals surface area contributed by atoms with E-state index in [2.05, 4.69) is 16.3 Å². The molecule has 3 fully saturated rings. The topological polar surface area (TPSA) is 127 Å². The quantitative estimate of drug-likeness (QED) is 0.158. The van der Waals surface area contributed by atoms with Gasteiger partial charge in [0.05, 0.1) is 38.4 Å². The lowest BCUT2D eigenvalue weighted by molar-refractivity contribution is -0.253. The van der Waals surface area contributed by atoms with Crippen LogP contribution in [0.25, 0.3) is 11.1 Å². The van der Waals surface area contributed by atoms with Gasteiger partial charge in [0.15, 0.2) is 6.29 Å². The maximum Gasteiger partial charge on any atom is 0.408 e. The number of nitrogens with zero attached hydrogens (tertiary/aromatic N) is 2. The van der Waals surface area contributed by atoms with E-state index in [1.165, 1.54) is 4.90 Å². The van der Waals surface area contributed by atoms with Gasteiger partial charge in [0, 0.05) is 31.7 Å². The van der Waals surface area contributed by atoms with E-state index in [-0.39, 0.29) is 44.3 Å². The van der Waals surface area contributed by atoms with Crippen LogP contribution < -0.4 is 5.32 Å². The molecule has 0 bridgehead atoms. The molecule has 2 N–H and O–H groups in total. The molecule has 5 atom stereocenters. The molecule has 3 aliphatic heterocycles. The van der Waals surface area contributed by atoms with Gasteiger partial charge in [0.2, 0.25) is 5.91 Å². The Morgan fingerprint density at radius 3 is 2.41 bits per heavy atom. The van der Waals surface area contributed by atoms with Crippen molar-refractivity contribution >= 4 is 17.9 Å². The lowest BCUT2D eigenvalue weighted by Gasteiger charge is -2.39. The average Bonchev–Trinajstić information content (AvgIpc) is 3.75. The molecule has 0 aromatic heterocycles. The molecular weight excluding hydrogens is 686 g/mol. The summed E-state index contributed by atoms with van der Waals surface area (Å²) in [4.78, 5) is 42.3. The summed E-state index contributed by atoms with van der Waals surface area (Å²) in [6.07, 6.45) is 1.19. The molecule has 3 aliphatic rings. The van der Waals surface area contributed by atoms with Crippen LogP contribution in [0.2, 0.25) is 0 Å². The minimum absolute atomic E-state index is 0.0155. The number of aliphatic hydroxyl groups is 1. The summed E-state index contributed by atoms with van der Waals surface area (Å²) in [5, 5.41) is 12.2. The molecule has 11 heteroatoms. The average molecular weight is 734 g/mol. The Hall–Kier alpha value is -4.91. The summed E-state index contributed by atoms with van der Waals surface area (Å²) in [5.41, 5.74) is 6.22. The van der Waals surface area contributed by atoms with Crippen molar-refractivity contribution in [3.63, 3.8) is 0 Å². The molecule has 0 saturated carbocycles. The van der Waals surface area contributed by atoms with Gasteiger partial charge in [-0.05, 0) is 64.9 Å². The summed E-state index contributed by atoms with van der Waals surface area (Å²) in [6, 6.07) is 32.3. The molecule has 11 nitrogen and oxygen atoms in total. The molecule has 1 unspecified atom stereocenters. The van der Waals surface area contributed by atoms with Gasteiger partial charge >= 0.3 is 6.09 Å². The largest absolute Gasteiger partial charge is 0.445 e. The van der Waals surface area contributed by atoms with Gasteiger partial charge in [0.25, 0.3) is 5.91 Å². The van der Waals surface area contributed by atoms with Gasteiger partial charge < -0.3 is 29.4 Å². The lowest BCUT2D eigenvalue weighted by Crippen LogP contribution is -2.42. The number of aliphatic hydroxyl groups excluding tert-OH is 1. The molecule has 4 aromatic rings. The first kappa shape index (κ1) is 37.4. The molecule has 3 amide bonds. The van der Waals surface area contributed by atoms with Gasteiger partial charge in [-0.25, -0.2) is 4.79 Å². The molecule has 54 heavy (non-hydrogen) atoms. The second-order valence-electron chi connectivity index (χ2n) is 14.2. The fourth-order valence-corrected chi connectivity index (χ4v) is 7.58. The molecule has 0 spiro atoms. The van der Waals surface area contributed by atoms with E-state index in [0.717, 1.165) is 64.9 Å². The Bertz CT molecular complexity index is 1900. The first-order valence-electron chi connectivity index (χ1n) is 18.6. The Morgan fingerprint density at radius 1 is 0.870 bits per heavy atom. The second kappa shape index (κ2) is 17.5. The highest BCUT2D eigenvalue weighted by Crippen LogP contribution is 2.39. The highest BCUT2D eigenvalue weighted by atomic mass is 16.7. The number of nitrogens with one attached hydrogen (secondary N) is 1. The number of alkyl carbamates (subject to hydrolysis) is 1. The Labute approximate surface area is 315 Å². The van der Waals surface area contributed by atoms with Crippen molar-refractivity contribution in [2.24, 2.45) is 0 Å². The van der Waals surface area contributed by atoms with Gasteiger partial charge in [-0.15, -0.1) is 0 Å². The number of ether oxygens (including phenoxy) is 4. The number of carbonyl (C=O) groups is 3. The Kier molecular flexibility index (Phi) is 12.1. The third-order valence-corrected chi connectivity index (χ3v) is 10.4. The van der Waals surface area contributed by atoms with Crippen molar-refractivity contribution in [2.45, 2.75) is 76.0 Å². The van der Waals surface area contributed by atoms with Gasteiger partial charge in [-0.2, -0.15) is 0 Å². The lowest BCUT2D eigenvalue weighted by atomic mass is 9.98. The third-order valence-electron chi connectivity index (χ3n) is 10.4. The van der Waals surface area contributed by atoms with Crippen molar-refractivity contribution in [2.75, 3.05) is 26.8 Å². The van der Waals surface area contributed by atoms with E-state index in [9.17, 15) is 19.5 Å². The minimum atomic E-state index is -0.979. The van der Waals surface area contributed by atoms with E-state index >= 15 is 0 Å². The fourth-order valence-electron chi connectivity index (χ4n) is 7.58. The Balaban J connectivity index is 1.04. The first-order chi connectivity index (χ1) is 26.4. The van der Waals surface area contributed by atoms with Crippen LogP contribution in [0, 0.1) is 0 Å². The van der Waals surface area contributed by atoms with Crippen LogP contribution in [0.1, 0.15) is 65.9 Å². The SMILES string of the molecule is COC[C@@H]1CCCN1C[C@H]1C[C@@H](c2ccc(CO)cc2)O[C@@H](c2cccc(-c3cccc(CN4C(=O)CC(NC(=O)OCc5ccccc5)C4=O)c3)c2)O1. The third kappa shape index (κ3) is 9.06. The molecule has 0 aliphatic carbocycles.